The molecule has 1 aromatic rings. The van der Waals surface area contributed by atoms with Crippen LogP contribution in [0.5, 0.6) is 0 Å². The fraction of sp³-hybridized carbons (Fsp3) is 0.625. The number of hydrogen-bond donors (Lipinski definition) is 1. The third-order valence-corrected chi connectivity index (χ3v) is 1.79. The predicted octanol–water partition coefficient (Wildman–Crippen LogP) is 0.881. The predicted molar refractivity (Wildman–Crippen MR) is 45.4 cm³/mol. The van der Waals surface area contributed by atoms with E-state index in [1.165, 1.54) is 0 Å². The van der Waals surface area contributed by atoms with Crippen molar-refractivity contribution in [2.45, 2.75) is 25.9 Å². The van der Waals surface area contributed by atoms with Crippen molar-refractivity contribution in [1.29, 1.82) is 0 Å². The normalized spacial score (nSPS) is 11.9. The molecule has 0 amide bonds. The second kappa shape index (κ2) is 3.05. The highest BCUT2D eigenvalue weighted by atomic mass is 15.3. The molecular weight excluding hydrogens is 138 g/mol. The van der Waals surface area contributed by atoms with E-state index >= 15 is 0 Å². The van der Waals surface area contributed by atoms with E-state index in [1.807, 2.05) is 24.0 Å². The number of likely N-dealkylation sites (N-methyl/N-ethyl adjacent to an activating group) is 1. The molecule has 0 bridgehead atoms. The van der Waals surface area contributed by atoms with Crippen molar-refractivity contribution in [1.82, 2.24) is 15.1 Å². The fourth-order valence-corrected chi connectivity index (χ4v) is 0.878. The van der Waals surface area contributed by atoms with Gasteiger partial charge in [-0.25, -0.2) is 0 Å². The van der Waals surface area contributed by atoms with Gasteiger partial charge in [-0.1, -0.05) is 0 Å². The number of nitrogens with zero attached hydrogens (tertiary/aromatic N) is 2. The molecule has 3 heteroatoms. The minimum atomic E-state index is 0.117. The van der Waals surface area contributed by atoms with Crippen LogP contribution in [0, 0.1) is 0 Å². The lowest BCUT2D eigenvalue weighted by atomic mass is 10.1. The zero-order valence-electron chi connectivity index (χ0n) is 7.33. The standard InChI is InChI=1S/C8H15N3/c1-8(2,9-3)7-11-6-4-5-10-11/h4-6,9H,7H2,1-3H3. The van der Waals surface area contributed by atoms with Gasteiger partial charge in [-0.3, -0.25) is 4.68 Å². The Morgan fingerprint density at radius 1 is 1.55 bits per heavy atom. The van der Waals surface area contributed by atoms with E-state index in [0.717, 1.165) is 6.54 Å². The molecule has 1 rings (SSSR count). The van der Waals surface area contributed by atoms with Crippen LogP contribution in [0.1, 0.15) is 13.8 Å². The minimum Gasteiger partial charge on any atom is -0.313 e. The van der Waals surface area contributed by atoms with Crippen molar-refractivity contribution < 1.29 is 0 Å². The molecule has 11 heavy (non-hydrogen) atoms. The van der Waals surface area contributed by atoms with Crippen molar-refractivity contribution in [2.75, 3.05) is 7.05 Å². The van der Waals surface area contributed by atoms with Crippen LogP contribution in [0.15, 0.2) is 18.5 Å². The quantitative estimate of drug-likeness (QED) is 0.698. The van der Waals surface area contributed by atoms with Crippen LogP contribution in [0.2, 0.25) is 0 Å². The van der Waals surface area contributed by atoms with Gasteiger partial charge in [0.15, 0.2) is 0 Å². The molecule has 0 unspecified atom stereocenters. The average molecular weight is 153 g/mol. The van der Waals surface area contributed by atoms with Crippen molar-refractivity contribution in [3.8, 4) is 0 Å². The smallest absolute Gasteiger partial charge is 0.0585 e. The summed E-state index contributed by atoms with van der Waals surface area (Å²) in [5.41, 5.74) is 0.117. The number of nitrogens with one attached hydrogen (secondary N) is 1. The van der Waals surface area contributed by atoms with Gasteiger partial charge in [0, 0.05) is 17.9 Å². The largest absolute Gasteiger partial charge is 0.313 e. The maximum atomic E-state index is 4.13. The van der Waals surface area contributed by atoms with Crippen LogP contribution in [0.4, 0.5) is 0 Å². The molecule has 0 aliphatic rings. The molecule has 0 aliphatic heterocycles. The molecular formula is C8H15N3. The first kappa shape index (κ1) is 8.27. The molecule has 62 valence electrons. The lowest BCUT2D eigenvalue weighted by Gasteiger charge is -2.23. The van der Waals surface area contributed by atoms with Crippen molar-refractivity contribution in [3.63, 3.8) is 0 Å². The second-order valence-corrected chi connectivity index (χ2v) is 3.34. The Hall–Kier alpha value is -0.830. The maximum absolute atomic E-state index is 4.13. The molecule has 3 nitrogen and oxygen atoms in total. The highest BCUT2D eigenvalue weighted by Gasteiger charge is 2.14. The number of hydrogen-bond acceptors (Lipinski definition) is 2. The Kier molecular flexibility index (Phi) is 2.29. The van der Waals surface area contributed by atoms with E-state index in [0.29, 0.717) is 0 Å². The first-order chi connectivity index (χ1) is 5.14. The van der Waals surface area contributed by atoms with Crippen LogP contribution >= 0.6 is 0 Å². The van der Waals surface area contributed by atoms with Crippen LogP contribution in [-0.4, -0.2) is 22.4 Å². The van der Waals surface area contributed by atoms with Gasteiger partial charge in [0.1, 0.15) is 0 Å². The molecule has 0 radical (unpaired) electrons. The van der Waals surface area contributed by atoms with E-state index in [1.54, 1.807) is 6.20 Å². The lowest BCUT2D eigenvalue weighted by Crippen LogP contribution is -2.40. The third kappa shape index (κ3) is 2.35. The van der Waals surface area contributed by atoms with Crippen LogP contribution < -0.4 is 5.32 Å². The molecule has 0 saturated heterocycles. The molecule has 1 N–H and O–H groups in total. The summed E-state index contributed by atoms with van der Waals surface area (Å²) in [6.45, 7) is 5.19. The first-order valence-corrected chi connectivity index (χ1v) is 3.80. The van der Waals surface area contributed by atoms with Gasteiger partial charge in [-0.15, -0.1) is 0 Å². The van der Waals surface area contributed by atoms with Gasteiger partial charge in [0.25, 0.3) is 0 Å². The van der Waals surface area contributed by atoms with Crippen LogP contribution in [0.3, 0.4) is 0 Å². The zero-order chi connectivity index (χ0) is 8.32. The van der Waals surface area contributed by atoms with Crippen molar-refractivity contribution in [3.05, 3.63) is 18.5 Å². The fourth-order valence-electron chi connectivity index (χ4n) is 0.878. The van der Waals surface area contributed by atoms with Crippen LogP contribution in [-0.2, 0) is 6.54 Å². The van der Waals surface area contributed by atoms with Gasteiger partial charge in [0.05, 0.1) is 6.54 Å². The van der Waals surface area contributed by atoms with E-state index < -0.39 is 0 Å². The molecule has 0 aromatic carbocycles. The topological polar surface area (TPSA) is 29.9 Å². The Bertz CT molecular complexity index is 201. The van der Waals surface area contributed by atoms with Gasteiger partial charge in [-0.05, 0) is 27.0 Å². The monoisotopic (exact) mass is 153 g/mol. The molecule has 0 atom stereocenters. The summed E-state index contributed by atoms with van der Waals surface area (Å²) in [7, 11) is 1.96. The van der Waals surface area contributed by atoms with Crippen LogP contribution in [0.25, 0.3) is 0 Å². The average Bonchev–Trinajstić information content (AvgIpc) is 2.39. The third-order valence-electron chi connectivity index (χ3n) is 1.79. The summed E-state index contributed by atoms with van der Waals surface area (Å²) in [6, 6.07) is 1.94. The number of aromatic nitrogens is 2. The first-order valence-electron chi connectivity index (χ1n) is 3.80. The SMILES string of the molecule is CNC(C)(C)Cn1cccn1. The van der Waals surface area contributed by atoms with Gasteiger partial charge in [-0.2, -0.15) is 5.10 Å². The number of rotatable bonds is 3. The highest BCUT2D eigenvalue weighted by molar-refractivity contribution is 4.82. The van der Waals surface area contributed by atoms with E-state index in [9.17, 15) is 0 Å². The molecule has 0 saturated carbocycles. The zero-order valence-corrected chi connectivity index (χ0v) is 7.33. The summed E-state index contributed by atoms with van der Waals surface area (Å²) in [6.07, 6.45) is 3.77. The molecule has 1 aromatic heterocycles. The van der Waals surface area contributed by atoms with Gasteiger partial charge < -0.3 is 5.32 Å². The summed E-state index contributed by atoms with van der Waals surface area (Å²) in [5, 5.41) is 7.34. The van der Waals surface area contributed by atoms with E-state index in [4.69, 9.17) is 0 Å². The summed E-state index contributed by atoms with van der Waals surface area (Å²) in [5.74, 6) is 0. The van der Waals surface area contributed by atoms with Gasteiger partial charge in [0.2, 0.25) is 0 Å². The molecule has 0 fully saturated rings. The molecule has 0 spiro atoms. The minimum absolute atomic E-state index is 0.117. The van der Waals surface area contributed by atoms with Crippen molar-refractivity contribution >= 4 is 0 Å². The Morgan fingerprint density at radius 3 is 2.73 bits per heavy atom. The van der Waals surface area contributed by atoms with Gasteiger partial charge >= 0.3 is 0 Å². The Labute approximate surface area is 67.4 Å². The molecule has 1 heterocycles. The second-order valence-electron chi connectivity index (χ2n) is 3.34. The summed E-state index contributed by atoms with van der Waals surface area (Å²) in [4.78, 5) is 0. The highest BCUT2D eigenvalue weighted by Crippen LogP contribution is 2.03. The van der Waals surface area contributed by atoms with Crippen molar-refractivity contribution in [2.24, 2.45) is 0 Å². The summed E-state index contributed by atoms with van der Waals surface area (Å²) < 4.78 is 1.93. The summed E-state index contributed by atoms with van der Waals surface area (Å²) >= 11 is 0. The lowest BCUT2D eigenvalue weighted by molar-refractivity contribution is 0.345. The molecule has 0 aliphatic carbocycles. The Morgan fingerprint density at radius 2 is 2.27 bits per heavy atom. The Balaban J connectivity index is 2.56. The van der Waals surface area contributed by atoms with E-state index in [2.05, 4.69) is 24.3 Å². The van der Waals surface area contributed by atoms with E-state index in [-0.39, 0.29) is 5.54 Å². The maximum Gasteiger partial charge on any atom is 0.0585 e.